The second kappa shape index (κ2) is 8.56. The van der Waals surface area contributed by atoms with Crippen LogP contribution in [0.5, 0.6) is 0 Å². The number of halogens is 1. The van der Waals surface area contributed by atoms with Gasteiger partial charge in [-0.15, -0.1) is 0 Å². The van der Waals surface area contributed by atoms with Crippen molar-refractivity contribution in [1.29, 1.82) is 0 Å². The van der Waals surface area contributed by atoms with E-state index in [2.05, 4.69) is 37.6 Å². The zero-order valence-electron chi connectivity index (χ0n) is 6.76. The topological polar surface area (TPSA) is 0 Å². The quantitative estimate of drug-likeness (QED) is 0.449. The van der Waals surface area contributed by atoms with Crippen LogP contribution >= 0.6 is 0 Å². The van der Waals surface area contributed by atoms with Gasteiger partial charge in [0, 0.05) is 0 Å². The standard InChI is InChI=1S/C9H11.BrH.Mg/c1-2-6-9-7-4-3-5-8-9;;/h2-5,7-8H,6H2,1H3;1H;/q-1;;+2/p-1. The smallest absolute Gasteiger partial charge is 1.00 e. The van der Waals surface area contributed by atoms with Crippen molar-refractivity contribution in [2.45, 2.75) is 13.3 Å². The molecule has 0 heterocycles. The first-order chi connectivity index (χ1) is 4.43. The molecule has 0 atom stereocenters. The SMILES string of the molecule is C[CH-]Cc1ccccc1.[Br-].[Mg+2]. The zero-order valence-corrected chi connectivity index (χ0v) is 9.76. The van der Waals surface area contributed by atoms with Gasteiger partial charge in [0.1, 0.15) is 0 Å². The summed E-state index contributed by atoms with van der Waals surface area (Å²) in [6.07, 6.45) is 3.25. The summed E-state index contributed by atoms with van der Waals surface area (Å²) < 4.78 is 0. The van der Waals surface area contributed by atoms with Gasteiger partial charge in [-0.05, 0) is 0 Å². The fraction of sp³-hybridized carbons (Fsp3) is 0.222. The normalized spacial score (nSPS) is 7.73. The van der Waals surface area contributed by atoms with Crippen LogP contribution < -0.4 is 17.0 Å². The van der Waals surface area contributed by atoms with Gasteiger partial charge in [0.25, 0.3) is 0 Å². The molecule has 0 radical (unpaired) electrons. The molecule has 56 valence electrons. The molecular formula is C9H11BrMg. The van der Waals surface area contributed by atoms with E-state index in [0.29, 0.717) is 0 Å². The summed E-state index contributed by atoms with van der Waals surface area (Å²) in [5, 5.41) is 0. The number of rotatable bonds is 2. The first-order valence-corrected chi connectivity index (χ1v) is 3.25. The Morgan fingerprint density at radius 2 is 1.73 bits per heavy atom. The average molecular weight is 223 g/mol. The van der Waals surface area contributed by atoms with Crippen molar-refractivity contribution in [3.63, 3.8) is 0 Å². The van der Waals surface area contributed by atoms with Crippen molar-refractivity contribution in [3.8, 4) is 0 Å². The van der Waals surface area contributed by atoms with Crippen LogP contribution in [0.25, 0.3) is 0 Å². The Morgan fingerprint density at radius 3 is 2.18 bits per heavy atom. The molecule has 0 bridgehead atoms. The molecule has 1 aromatic carbocycles. The van der Waals surface area contributed by atoms with Crippen LogP contribution in [-0.2, 0) is 6.42 Å². The van der Waals surface area contributed by atoms with Gasteiger partial charge in [0.2, 0.25) is 0 Å². The maximum Gasteiger partial charge on any atom is 2.00 e. The van der Waals surface area contributed by atoms with Crippen molar-refractivity contribution in [2.24, 2.45) is 0 Å². The fourth-order valence-corrected chi connectivity index (χ4v) is 0.850. The van der Waals surface area contributed by atoms with Crippen molar-refractivity contribution < 1.29 is 17.0 Å². The average Bonchev–Trinajstić information content (AvgIpc) is 1.91. The minimum Gasteiger partial charge on any atom is -1.00 e. The monoisotopic (exact) mass is 222 g/mol. The van der Waals surface area contributed by atoms with E-state index in [9.17, 15) is 0 Å². The summed E-state index contributed by atoms with van der Waals surface area (Å²) in [6, 6.07) is 10.5. The molecule has 1 rings (SSSR count). The molecule has 0 N–H and O–H groups in total. The van der Waals surface area contributed by atoms with Gasteiger partial charge >= 0.3 is 23.1 Å². The predicted molar refractivity (Wildman–Crippen MR) is 45.9 cm³/mol. The van der Waals surface area contributed by atoms with E-state index in [-0.39, 0.29) is 40.0 Å². The molecule has 0 unspecified atom stereocenters. The maximum absolute atomic E-state index is 2.16. The molecule has 0 spiro atoms. The molecule has 0 saturated carbocycles. The van der Waals surface area contributed by atoms with Gasteiger partial charge < -0.3 is 23.4 Å². The van der Waals surface area contributed by atoms with Crippen LogP contribution in [0.3, 0.4) is 0 Å². The molecule has 0 nitrogen and oxygen atoms in total. The molecule has 0 fully saturated rings. The van der Waals surface area contributed by atoms with E-state index < -0.39 is 0 Å². The van der Waals surface area contributed by atoms with Crippen molar-refractivity contribution in [1.82, 2.24) is 0 Å². The third-order valence-corrected chi connectivity index (χ3v) is 1.28. The molecular weight excluding hydrogens is 212 g/mol. The third kappa shape index (κ3) is 5.71. The van der Waals surface area contributed by atoms with Crippen LogP contribution in [-0.4, -0.2) is 23.1 Å². The maximum atomic E-state index is 2.16. The van der Waals surface area contributed by atoms with E-state index in [1.807, 2.05) is 6.07 Å². The van der Waals surface area contributed by atoms with E-state index in [4.69, 9.17) is 0 Å². The first-order valence-electron chi connectivity index (χ1n) is 3.25. The molecule has 11 heavy (non-hydrogen) atoms. The van der Waals surface area contributed by atoms with E-state index in [1.165, 1.54) is 5.56 Å². The summed E-state index contributed by atoms with van der Waals surface area (Å²) >= 11 is 0. The molecule has 0 aliphatic carbocycles. The summed E-state index contributed by atoms with van der Waals surface area (Å²) in [4.78, 5) is 0. The van der Waals surface area contributed by atoms with E-state index >= 15 is 0 Å². The van der Waals surface area contributed by atoms with E-state index in [0.717, 1.165) is 6.42 Å². The largest absolute Gasteiger partial charge is 2.00 e. The summed E-state index contributed by atoms with van der Waals surface area (Å²) in [5.74, 6) is 0. The minimum absolute atomic E-state index is 0. The Balaban J connectivity index is 0. The van der Waals surface area contributed by atoms with Crippen LogP contribution in [0.2, 0.25) is 0 Å². The molecule has 0 aliphatic heterocycles. The predicted octanol–water partition coefficient (Wildman–Crippen LogP) is -0.924. The molecule has 0 amide bonds. The zero-order chi connectivity index (χ0) is 6.53. The van der Waals surface area contributed by atoms with Gasteiger partial charge in [-0.25, -0.2) is 0 Å². The Hall–Kier alpha value is 0.466. The Kier molecular flexibility index (Phi) is 10.9. The molecule has 0 aliphatic rings. The van der Waals surface area contributed by atoms with Crippen molar-refractivity contribution >= 4 is 23.1 Å². The molecule has 1 aromatic rings. The van der Waals surface area contributed by atoms with Crippen LogP contribution in [0.15, 0.2) is 30.3 Å². The molecule has 2 heteroatoms. The third-order valence-electron chi connectivity index (χ3n) is 1.28. The fourth-order valence-electron chi connectivity index (χ4n) is 0.850. The number of hydrogen-bond donors (Lipinski definition) is 0. The van der Waals surface area contributed by atoms with Gasteiger partial charge in [0.15, 0.2) is 0 Å². The van der Waals surface area contributed by atoms with Crippen LogP contribution in [0.1, 0.15) is 12.5 Å². The second-order valence-electron chi connectivity index (χ2n) is 2.10. The number of hydrogen-bond acceptors (Lipinski definition) is 0. The summed E-state index contributed by atoms with van der Waals surface area (Å²) in [7, 11) is 0. The Bertz CT molecular complexity index is 162. The van der Waals surface area contributed by atoms with Gasteiger partial charge in [-0.3, -0.25) is 0 Å². The van der Waals surface area contributed by atoms with Gasteiger partial charge in [-0.2, -0.15) is 13.3 Å². The van der Waals surface area contributed by atoms with Crippen LogP contribution in [0.4, 0.5) is 0 Å². The molecule has 0 aromatic heterocycles. The first kappa shape index (κ1) is 14.0. The van der Waals surface area contributed by atoms with Crippen LogP contribution in [0, 0.1) is 6.42 Å². The van der Waals surface area contributed by atoms with Gasteiger partial charge in [0.05, 0.1) is 0 Å². The van der Waals surface area contributed by atoms with Crippen molar-refractivity contribution in [3.05, 3.63) is 42.3 Å². The Labute approximate surface area is 95.3 Å². The van der Waals surface area contributed by atoms with Gasteiger partial charge in [-0.1, -0.05) is 35.9 Å². The Morgan fingerprint density at radius 1 is 1.18 bits per heavy atom. The second-order valence-corrected chi connectivity index (χ2v) is 2.10. The summed E-state index contributed by atoms with van der Waals surface area (Å²) in [6.45, 7) is 2.08. The van der Waals surface area contributed by atoms with Crippen molar-refractivity contribution in [2.75, 3.05) is 0 Å². The summed E-state index contributed by atoms with van der Waals surface area (Å²) in [5.41, 5.74) is 1.39. The minimum atomic E-state index is 0. The molecule has 0 saturated heterocycles. The number of benzene rings is 1. The van der Waals surface area contributed by atoms with E-state index in [1.54, 1.807) is 0 Å².